The number of halogens is 2. The lowest BCUT2D eigenvalue weighted by molar-refractivity contribution is -0.144. The Kier molecular flexibility index (Phi) is 5.06. The predicted molar refractivity (Wildman–Crippen MR) is 64.8 cm³/mol. The topological polar surface area (TPSA) is 52.3 Å². The summed E-state index contributed by atoms with van der Waals surface area (Å²) in [6, 6.07) is 4.40. The smallest absolute Gasteiger partial charge is 0.323 e. The number of hydrogen-bond donors (Lipinski definition) is 1. The molecule has 0 heterocycles. The number of esters is 1. The highest BCUT2D eigenvalue weighted by Gasteiger charge is 2.15. The van der Waals surface area contributed by atoms with Gasteiger partial charge in [0, 0.05) is 10.0 Å². The quantitative estimate of drug-likeness (QED) is 0.848. The summed E-state index contributed by atoms with van der Waals surface area (Å²) in [7, 11) is 0. The Morgan fingerprint density at radius 2 is 1.94 bits per heavy atom. The lowest BCUT2D eigenvalue weighted by Gasteiger charge is -2.10. The fourth-order valence-corrected chi connectivity index (χ4v) is 1.89. The maximum Gasteiger partial charge on any atom is 0.323 e. The van der Waals surface area contributed by atoms with E-state index in [1.165, 1.54) is 0 Å². The van der Waals surface area contributed by atoms with Crippen molar-refractivity contribution < 1.29 is 9.53 Å². The monoisotopic (exact) mass is 261 g/mol. The molecule has 5 heteroatoms. The van der Waals surface area contributed by atoms with Crippen molar-refractivity contribution in [2.24, 2.45) is 5.73 Å². The van der Waals surface area contributed by atoms with Gasteiger partial charge in [-0.3, -0.25) is 4.79 Å². The fraction of sp³-hybridized carbons (Fsp3) is 0.364. The molecule has 1 aromatic carbocycles. The van der Waals surface area contributed by atoms with Crippen molar-refractivity contribution in [2.75, 3.05) is 6.61 Å². The van der Waals surface area contributed by atoms with Gasteiger partial charge in [0.05, 0.1) is 6.61 Å². The molecule has 0 aliphatic rings. The zero-order valence-electron chi connectivity index (χ0n) is 8.87. The van der Waals surface area contributed by atoms with Gasteiger partial charge >= 0.3 is 5.97 Å². The number of carbonyl (C=O) groups excluding carboxylic acids is 1. The van der Waals surface area contributed by atoms with Crippen molar-refractivity contribution in [1.29, 1.82) is 0 Å². The van der Waals surface area contributed by atoms with Crippen molar-refractivity contribution >= 4 is 29.2 Å². The zero-order valence-corrected chi connectivity index (χ0v) is 10.4. The van der Waals surface area contributed by atoms with E-state index in [1.807, 2.05) is 0 Å². The minimum Gasteiger partial charge on any atom is -0.465 e. The molecule has 16 heavy (non-hydrogen) atoms. The molecule has 1 aromatic rings. The second-order valence-electron chi connectivity index (χ2n) is 3.34. The first-order valence-corrected chi connectivity index (χ1v) is 5.65. The summed E-state index contributed by atoms with van der Waals surface area (Å²) in [6.45, 7) is 2.06. The first kappa shape index (κ1) is 13.3. The van der Waals surface area contributed by atoms with Crippen LogP contribution >= 0.6 is 23.2 Å². The molecule has 0 unspecified atom stereocenters. The summed E-state index contributed by atoms with van der Waals surface area (Å²) in [4.78, 5) is 11.3. The van der Waals surface area contributed by atoms with Crippen LogP contribution in [0.3, 0.4) is 0 Å². The third-order valence-corrected chi connectivity index (χ3v) is 2.40. The van der Waals surface area contributed by atoms with Gasteiger partial charge in [-0.15, -0.1) is 0 Å². The Morgan fingerprint density at radius 3 is 2.44 bits per heavy atom. The van der Waals surface area contributed by atoms with Gasteiger partial charge in [-0.25, -0.2) is 0 Å². The second kappa shape index (κ2) is 6.09. The minimum atomic E-state index is -0.686. The van der Waals surface area contributed by atoms with Gasteiger partial charge in [-0.05, 0) is 37.1 Å². The Labute approximate surface area is 104 Å². The first-order valence-electron chi connectivity index (χ1n) is 4.90. The standard InChI is InChI=1S/C11H13Cl2NO2/c1-2-16-11(15)10(14)5-7-3-8(12)6-9(13)4-7/h3-4,6,10H,2,5,14H2,1H3/t10-/m1/s1. The van der Waals surface area contributed by atoms with Crippen molar-refractivity contribution in [3.8, 4) is 0 Å². The van der Waals surface area contributed by atoms with E-state index >= 15 is 0 Å². The predicted octanol–water partition coefficient (Wildman–Crippen LogP) is 2.43. The largest absolute Gasteiger partial charge is 0.465 e. The van der Waals surface area contributed by atoms with Crippen molar-refractivity contribution in [1.82, 2.24) is 0 Å². The van der Waals surface area contributed by atoms with Gasteiger partial charge in [-0.2, -0.15) is 0 Å². The molecule has 0 aromatic heterocycles. The number of hydrogen-bond acceptors (Lipinski definition) is 3. The van der Waals surface area contributed by atoms with E-state index in [0.717, 1.165) is 5.56 Å². The Balaban J connectivity index is 2.69. The van der Waals surface area contributed by atoms with E-state index in [4.69, 9.17) is 33.7 Å². The summed E-state index contributed by atoms with van der Waals surface area (Å²) in [5, 5.41) is 1.05. The molecule has 0 amide bonds. The number of carbonyl (C=O) groups is 1. The molecule has 0 saturated heterocycles. The summed E-state index contributed by atoms with van der Waals surface area (Å²) in [5.41, 5.74) is 6.49. The summed E-state index contributed by atoms with van der Waals surface area (Å²) in [5.74, 6) is -0.418. The normalized spacial score (nSPS) is 12.2. The van der Waals surface area contributed by atoms with Gasteiger partial charge in [-0.1, -0.05) is 23.2 Å². The maximum absolute atomic E-state index is 11.3. The van der Waals surface area contributed by atoms with Gasteiger partial charge in [0.25, 0.3) is 0 Å². The third kappa shape index (κ3) is 4.00. The maximum atomic E-state index is 11.3. The van der Waals surface area contributed by atoms with Crippen LogP contribution in [0.4, 0.5) is 0 Å². The van der Waals surface area contributed by atoms with Gasteiger partial charge in [0.15, 0.2) is 0 Å². The molecule has 0 spiro atoms. The highest BCUT2D eigenvalue weighted by atomic mass is 35.5. The number of rotatable bonds is 4. The van der Waals surface area contributed by atoms with Gasteiger partial charge < -0.3 is 10.5 Å². The van der Waals surface area contributed by atoms with Gasteiger partial charge in [0.1, 0.15) is 6.04 Å². The third-order valence-electron chi connectivity index (χ3n) is 1.97. The molecule has 2 N–H and O–H groups in total. The lowest BCUT2D eigenvalue weighted by atomic mass is 10.1. The van der Waals surface area contributed by atoms with Crippen molar-refractivity contribution in [2.45, 2.75) is 19.4 Å². The molecule has 0 bridgehead atoms. The van der Waals surface area contributed by atoms with Crippen LogP contribution in [-0.4, -0.2) is 18.6 Å². The van der Waals surface area contributed by atoms with Crippen LogP contribution < -0.4 is 5.73 Å². The summed E-state index contributed by atoms with van der Waals surface area (Å²) >= 11 is 11.7. The Bertz CT molecular complexity index is 362. The summed E-state index contributed by atoms with van der Waals surface area (Å²) in [6.07, 6.45) is 0.360. The van der Waals surface area contributed by atoms with Crippen LogP contribution in [0.25, 0.3) is 0 Å². The molecule has 3 nitrogen and oxygen atoms in total. The molecule has 0 saturated carbocycles. The first-order chi connectivity index (χ1) is 7.52. The molecule has 0 fully saturated rings. The van der Waals surface area contributed by atoms with E-state index in [-0.39, 0.29) is 0 Å². The van der Waals surface area contributed by atoms with E-state index in [9.17, 15) is 4.79 Å². The SMILES string of the molecule is CCOC(=O)[C@H](N)Cc1cc(Cl)cc(Cl)c1. The molecule has 88 valence electrons. The molecule has 0 aliphatic carbocycles. The van der Waals surface area contributed by atoms with Crippen LogP contribution in [0, 0.1) is 0 Å². The van der Waals surface area contributed by atoms with Crippen LogP contribution in [0.2, 0.25) is 10.0 Å². The Hall–Kier alpha value is -0.770. The zero-order chi connectivity index (χ0) is 12.1. The lowest BCUT2D eigenvalue weighted by Crippen LogP contribution is -2.34. The van der Waals surface area contributed by atoms with E-state index in [0.29, 0.717) is 23.1 Å². The van der Waals surface area contributed by atoms with E-state index in [2.05, 4.69) is 0 Å². The van der Waals surface area contributed by atoms with Crippen molar-refractivity contribution in [3.63, 3.8) is 0 Å². The van der Waals surface area contributed by atoms with Crippen LogP contribution in [0.5, 0.6) is 0 Å². The molecular formula is C11H13Cl2NO2. The number of benzene rings is 1. The molecule has 1 atom stereocenters. The Morgan fingerprint density at radius 1 is 1.38 bits per heavy atom. The molecule has 0 radical (unpaired) electrons. The van der Waals surface area contributed by atoms with E-state index in [1.54, 1.807) is 25.1 Å². The highest BCUT2D eigenvalue weighted by Crippen LogP contribution is 2.19. The average Bonchev–Trinajstić information content (AvgIpc) is 2.16. The second-order valence-corrected chi connectivity index (χ2v) is 4.21. The number of nitrogens with two attached hydrogens (primary N) is 1. The summed E-state index contributed by atoms with van der Waals surface area (Å²) < 4.78 is 4.81. The number of ether oxygens (including phenoxy) is 1. The van der Waals surface area contributed by atoms with E-state index < -0.39 is 12.0 Å². The van der Waals surface area contributed by atoms with Crippen LogP contribution in [0.15, 0.2) is 18.2 Å². The van der Waals surface area contributed by atoms with Crippen LogP contribution in [-0.2, 0) is 16.0 Å². The highest BCUT2D eigenvalue weighted by molar-refractivity contribution is 6.34. The van der Waals surface area contributed by atoms with Gasteiger partial charge in [0.2, 0.25) is 0 Å². The molecular weight excluding hydrogens is 249 g/mol. The van der Waals surface area contributed by atoms with Crippen molar-refractivity contribution in [3.05, 3.63) is 33.8 Å². The molecule has 0 aliphatic heterocycles. The molecule has 1 rings (SSSR count). The van der Waals surface area contributed by atoms with Crippen LogP contribution in [0.1, 0.15) is 12.5 Å². The average molecular weight is 262 g/mol. The fourth-order valence-electron chi connectivity index (χ4n) is 1.32. The minimum absolute atomic E-state index is 0.322.